The fraction of sp³-hybridized carbons (Fsp3) is 0.280. The van der Waals surface area contributed by atoms with Gasteiger partial charge < -0.3 is 9.30 Å². The molecular formula is C25H25Cl2N3O2. The van der Waals surface area contributed by atoms with E-state index >= 15 is 0 Å². The van der Waals surface area contributed by atoms with Gasteiger partial charge in [0.25, 0.3) is 5.56 Å². The van der Waals surface area contributed by atoms with Gasteiger partial charge in [0.15, 0.2) is 0 Å². The fourth-order valence-corrected chi connectivity index (χ4v) is 4.60. The zero-order chi connectivity index (χ0) is 21.4. The van der Waals surface area contributed by atoms with Gasteiger partial charge in [-0.05, 0) is 61.6 Å². The van der Waals surface area contributed by atoms with E-state index in [2.05, 4.69) is 28.7 Å². The van der Waals surface area contributed by atoms with Crippen LogP contribution < -0.4 is 10.3 Å². The van der Waals surface area contributed by atoms with E-state index in [4.69, 9.17) is 16.3 Å². The largest absolute Gasteiger partial charge is 0.487 e. The van der Waals surface area contributed by atoms with Crippen molar-refractivity contribution in [3.05, 3.63) is 87.2 Å². The molecule has 5 rings (SSSR count). The van der Waals surface area contributed by atoms with Crippen LogP contribution in [0.4, 0.5) is 0 Å². The second kappa shape index (κ2) is 9.39. The Morgan fingerprint density at radius 2 is 1.91 bits per heavy atom. The highest BCUT2D eigenvalue weighted by Gasteiger charge is 2.17. The molecule has 32 heavy (non-hydrogen) atoms. The van der Waals surface area contributed by atoms with Gasteiger partial charge in [-0.3, -0.25) is 14.3 Å². The first-order valence-corrected chi connectivity index (χ1v) is 11.0. The van der Waals surface area contributed by atoms with Crippen LogP contribution in [0.5, 0.6) is 5.75 Å². The Kier molecular flexibility index (Phi) is 6.58. The summed E-state index contributed by atoms with van der Waals surface area (Å²) in [4.78, 5) is 17.0. The maximum atomic E-state index is 12.8. The van der Waals surface area contributed by atoms with E-state index in [1.165, 1.54) is 47.5 Å². The molecule has 0 spiro atoms. The zero-order valence-corrected chi connectivity index (χ0v) is 19.5. The molecule has 0 aliphatic heterocycles. The van der Waals surface area contributed by atoms with E-state index in [1.807, 2.05) is 12.1 Å². The highest BCUT2D eigenvalue weighted by Crippen LogP contribution is 2.31. The van der Waals surface area contributed by atoms with Gasteiger partial charge in [-0.15, -0.1) is 12.4 Å². The van der Waals surface area contributed by atoms with Crippen LogP contribution in [0.15, 0.2) is 59.7 Å². The number of hydrogen-bond donors (Lipinski definition) is 0. The molecule has 0 fully saturated rings. The standard InChI is InChI=1S/C25H24ClN3O2.ClH/c1-28-23-6-4-2-3-5-21(23)22-10-9-19(13-24(22)28)29-12-11-20(14-25(29)30)31-16-18-8-7-17(26)15-27-18;/h7-15H,2-6,16H2,1H3;1H. The van der Waals surface area contributed by atoms with Crippen LogP contribution in [0.3, 0.4) is 0 Å². The second-order valence-electron chi connectivity index (χ2n) is 8.07. The van der Waals surface area contributed by atoms with Gasteiger partial charge in [-0.2, -0.15) is 0 Å². The highest BCUT2D eigenvalue weighted by atomic mass is 35.5. The van der Waals surface area contributed by atoms with Crippen LogP contribution in [-0.2, 0) is 26.5 Å². The van der Waals surface area contributed by atoms with Crippen molar-refractivity contribution >= 4 is 34.9 Å². The summed E-state index contributed by atoms with van der Waals surface area (Å²) < 4.78 is 9.70. The molecule has 1 aromatic carbocycles. The molecule has 3 heterocycles. The van der Waals surface area contributed by atoms with E-state index in [9.17, 15) is 4.79 Å². The molecular weight excluding hydrogens is 445 g/mol. The minimum Gasteiger partial charge on any atom is -0.487 e. The van der Waals surface area contributed by atoms with E-state index in [0.717, 1.165) is 24.2 Å². The summed E-state index contributed by atoms with van der Waals surface area (Å²) in [5.41, 5.74) is 5.59. The van der Waals surface area contributed by atoms with Crippen molar-refractivity contribution in [3.8, 4) is 11.4 Å². The predicted molar refractivity (Wildman–Crippen MR) is 131 cm³/mol. The minimum absolute atomic E-state index is 0. The predicted octanol–water partition coefficient (Wildman–Crippen LogP) is 5.65. The van der Waals surface area contributed by atoms with Crippen LogP contribution >= 0.6 is 24.0 Å². The molecule has 3 aromatic heterocycles. The first-order valence-electron chi connectivity index (χ1n) is 10.7. The molecule has 7 heteroatoms. The summed E-state index contributed by atoms with van der Waals surface area (Å²) in [6.07, 6.45) is 9.41. The topological polar surface area (TPSA) is 49.0 Å². The number of fused-ring (bicyclic) bond motifs is 3. The van der Waals surface area contributed by atoms with E-state index in [1.54, 1.807) is 29.1 Å². The maximum Gasteiger partial charge on any atom is 0.258 e. The molecule has 1 aliphatic carbocycles. The Hall–Kier alpha value is -2.76. The number of pyridine rings is 2. The maximum absolute atomic E-state index is 12.8. The van der Waals surface area contributed by atoms with Gasteiger partial charge in [0.1, 0.15) is 12.4 Å². The lowest BCUT2D eigenvalue weighted by molar-refractivity contribution is 0.300. The number of ether oxygens (including phenoxy) is 1. The molecule has 0 N–H and O–H groups in total. The molecule has 0 radical (unpaired) electrons. The summed E-state index contributed by atoms with van der Waals surface area (Å²) in [6.45, 7) is 0.279. The van der Waals surface area contributed by atoms with Gasteiger partial charge in [0, 0.05) is 36.6 Å². The van der Waals surface area contributed by atoms with Crippen molar-refractivity contribution in [2.75, 3.05) is 0 Å². The highest BCUT2D eigenvalue weighted by molar-refractivity contribution is 6.30. The summed E-state index contributed by atoms with van der Waals surface area (Å²) in [7, 11) is 2.14. The van der Waals surface area contributed by atoms with E-state index < -0.39 is 0 Å². The molecule has 0 saturated carbocycles. The van der Waals surface area contributed by atoms with Gasteiger partial charge in [-0.25, -0.2) is 0 Å². The zero-order valence-electron chi connectivity index (χ0n) is 17.9. The van der Waals surface area contributed by atoms with E-state index in [-0.39, 0.29) is 24.6 Å². The first-order chi connectivity index (χ1) is 15.1. The van der Waals surface area contributed by atoms with Gasteiger partial charge >= 0.3 is 0 Å². The van der Waals surface area contributed by atoms with Crippen molar-refractivity contribution in [3.63, 3.8) is 0 Å². The molecule has 0 amide bonds. The van der Waals surface area contributed by atoms with Crippen LogP contribution in [0, 0.1) is 0 Å². The van der Waals surface area contributed by atoms with Gasteiger partial charge in [-0.1, -0.05) is 24.1 Å². The van der Waals surface area contributed by atoms with E-state index in [0.29, 0.717) is 10.8 Å². The number of aromatic nitrogens is 3. The summed E-state index contributed by atoms with van der Waals surface area (Å²) >= 11 is 5.86. The number of aryl methyl sites for hydroxylation is 2. The third-order valence-corrected chi connectivity index (χ3v) is 6.33. The third kappa shape index (κ3) is 4.27. The second-order valence-corrected chi connectivity index (χ2v) is 8.51. The average molecular weight is 470 g/mol. The number of benzene rings is 1. The first kappa shape index (κ1) is 22.4. The SMILES string of the molecule is Cl.Cn1c2c(c3ccc(-n4ccc(OCc5ccc(Cl)cn5)cc4=O)cc31)CCCCC2. The Labute approximate surface area is 198 Å². The molecule has 0 bridgehead atoms. The molecule has 1 aliphatic rings. The van der Waals surface area contributed by atoms with Crippen molar-refractivity contribution in [1.29, 1.82) is 0 Å². The Balaban J connectivity index is 0.00000245. The van der Waals surface area contributed by atoms with Crippen molar-refractivity contribution in [2.45, 2.75) is 38.7 Å². The van der Waals surface area contributed by atoms with Gasteiger partial charge in [0.2, 0.25) is 0 Å². The Morgan fingerprint density at radius 3 is 2.69 bits per heavy atom. The lowest BCUT2D eigenvalue weighted by atomic mass is 10.1. The van der Waals surface area contributed by atoms with Crippen LogP contribution in [0.2, 0.25) is 5.02 Å². The Bertz CT molecular complexity index is 1310. The van der Waals surface area contributed by atoms with Crippen molar-refractivity contribution < 1.29 is 4.74 Å². The minimum atomic E-state index is -0.128. The van der Waals surface area contributed by atoms with Crippen molar-refractivity contribution in [2.24, 2.45) is 7.05 Å². The van der Waals surface area contributed by atoms with Crippen LogP contribution in [-0.4, -0.2) is 14.1 Å². The number of rotatable bonds is 4. The molecule has 0 unspecified atom stereocenters. The normalized spacial score (nSPS) is 13.3. The van der Waals surface area contributed by atoms with Gasteiger partial charge in [0.05, 0.1) is 21.9 Å². The number of nitrogens with zero attached hydrogens (tertiary/aromatic N) is 3. The van der Waals surface area contributed by atoms with Crippen LogP contribution in [0.1, 0.15) is 36.2 Å². The molecule has 166 valence electrons. The molecule has 4 aromatic rings. The van der Waals surface area contributed by atoms with Crippen LogP contribution in [0.25, 0.3) is 16.6 Å². The Morgan fingerprint density at radius 1 is 1.06 bits per heavy atom. The average Bonchev–Trinajstić information content (AvgIpc) is 2.93. The quantitative estimate of drug-likeness (QED) is 0.363. The summed E-state index contributed by atoms with van der Waals surface area (Å²) in [5, 5.41) is 1.89. The smallest absolute Gasteiger partial charge is 0.258 e. The fourth-order valence-electron chi connectivity index (χ4n) is 4.49. The lowest BCUT2D eigenvalue weighted by Crippen LogP contribution is -2.16. The third-order valence-electron chi connectivity index (χ3n) is 6.11. The molecule has 0 saturated heterocycles. The molecule has 0 atom stereocenters. The monoisotopic (exact) mass is 469 g/mol. The van der Waals surface area contributed by atoms with Crippen molar-refractivity contribution in [1.82, 2.24) is 14.1 Å². The number of hydrogen-bond acceptors (Lipinski definition) is 3. The number of halogens is 2. The molecule has 5 nitrogen and oxygen atoms in total. The summed E-state index contributed by atoms with van der Waals surface area (Å²) in [5.74, 6) is 0.518. The lowest BCUT2D eigenvalue weighted by Gasteiger charge is -2.10. The summed E-state index contributed by atoms with van der Waals surface area (Å²) in [6, 6.07) is 13.2.